The highest BCUT2D eigenvalue weighted by Crippen LogP contribution is 2.38. The highest BCUT2D eigenvalue weighted by Gasteiger charge is 2.36. The number of fused-ring (bicyclic) bond motifs is 1. The molecule has 4 rings (SSSR count). The SMILES string of the molecule is COc1cc2nc(C)nc(N[C@H](C)c3cc(N)cc(C(F)(F)F)c3F)c2cc1-c1ccc(=O)n(C)c1. The Labute approximate surface area is 203 Å². The van der Waals surface area contributed by atoms with Crippen molar-refractivity contribution in [1.82, 2.24) is 14.5 Å². The second-order valence-corrected chi connectivity index (χ2v) is 8.39. The molecule has 4 aromatic rings. The molecule has 1 atom stereocenters. The number of methoxy groups -OCH3 is 1. The lowest BCUT2D eigenvalue weighted by Crippen LogP contribution is -2.16. The normalized spacial score (nSPS) is 12.6. The average molecular weight is 501 g/mol. The molecule has 11 heteroatoms. The zero-order valence-corrected chi connectivity index (χ0v) is 19.9. The minimum atomic E-state index is -4.90. The van der Waals surface area contributed by atoms with Gasteiger partial charge in [-0.25, -0.2) is 14.4 Å². The van der Waals surface area contributed by atoms with Gasteiger partial charge < -0.3 is 20.4 Å². The van der Waals surface area contributed by atoms with Crippen LogP contribution in [0.4, 0.5) is 29.1 Å². The quantitative estimate of drug-likeness (QED) is 0.287. The molecule has 36 heavy (non-hydrogen) atoms. The molecule has 2 aromatic heterocycles. The van der Waals surface area contributed by atoms with Gasteiger partial charge in [-0.05, 0) is 38.1 Å². The molecule has 0 aliphatic heterocycles. The van der Waals surface area contributed by atoms with Gasteiger partial charge in [0.15, 0.2) is 0 Å². The first-order valence-electron chi connectivity index (χ1n) is 10.8. The Kier molecular flexibility index (Phi) is 6.33. The van der Waals surface area contributed by atoms with Crippen LogP contribution in [0.25, 0.3) is 22.0 Å². The number of aryl methyl sites for hydroxylation is 2. The van der Waals surface area contributed by atoms with Gasteiger partial charge in [-0.2, -0.15) is 13.2 Å². The van der Waals surface area contributed by atoms with Gasteiger partial charge in [-0.15, -0.1) is 0 Å². The summed E-state index contributed by atoms with van der Waals surface area (Å²) in [7, 11) is 3.12. The van der Waals surface area contributed by atoms with E-state index in [0.29, 0.717) is 39.7 Å². The molecule has 2 heterocycles. The van der Waals surface area contributed by atoms with Crippen molar-refractivity contribution >= 4 is 22.4 Å². The molecule has 0 radical (unpaired) electrons. The summed E-state index contributed by atoms with van der Waals surface area (Å²) in [5.74, 6) is -0.235. The number of nitrogens with two attached hydrogens (primary N) is 1. The third-order valence-electron chi connectivity index (χ3n) is 5.77. The summed E-state index contributed by atoms with van der Waals surface area (Å²) >= 11 is 0. The number of alkyl halides is 3. The van der Waals surface area contributed by atoms with Crippen LogP contribution in [0.3, 0.4) is 0 Å². The van der Waals surface area contributed by atoms with Crippen LogP contribution in [0.2, 0.25) is 0 Å². The van der Waals surface area contributed by atoms with Crippen molar-refractivity contribution in [3.05, 3.63) is 75.7 Å². The molecule has 0 aliphatic rings. The lowest BCUT2D eigenvalue weighted by atomic mass is 10.0. The Balaban J connectivity index is 1.85. The average Bonchev–Trinajstić information content (AvgIpc) is 2.80. The Morgan fingerprint density at radius 2 is 1.86 bits per heavy atom. The van der Waals surface area contributed by atoms with Crippen molar-refractivity contribution in [2.75, 3.05) is 18.2 Å². The second-order valence-electron chi connectivity index (χ2n) is 8.39. The van der Waals surface area contributed by atoms with E-state index in [2.05, 4.69) is 15.3 Å². The lowest BCUT2D eigenvalue weighted by molar-refractivity contribution is -0.140. The van der Waals surface area contributed by atoms with E-state index in [9.17, 15) is 22.4 Å². The van der Waals surface area contributed by atoms with Crippen LogP contribution in [0.1, 0.15) is 29.9 Å². The number of pyridine rings is 1. The number of anilines is 2. The standard InChI is InChI=1S/C25H23F4N5O2/c1-12(16-7-15(30)8-19(23(16)26)25(27,28)29)31-24-18-9-17(14-5-6-22(35)34(3)11-14)21(36-4)10-20(18)32-13(2)33-24/h5-12H,30H2,1-4H3,(H,31,32,33)/t12-/m1/s1. The lowest BCUT2D eigenvalue weighted by Gasteiger charge is -2.20. The first-order chi connectivity index (χ1) is 16.9. The van der Waals surface area contributed by atoms with E-state index in [0.717, 1.165) is 6.07 Å². The molecule has 7 nitrogen and oxygen atoms in total. The van der Waals surface area contributed by atoms with Crippen LogP contribution in [0.15, 0.2) is 47.4 Å². The van der Waals surface area contributed by atoms with Crippen LogP contribution in [-0.4, -0.2) is 21.6 Å². The smallest absolute Gasteiger partial charge is 0.419 e. The molecule has 0 saturated heterocycles. The minimum Gasteiger partial charge on any atom is -0.496 e. The maximum atomic E-state index is 14.9. The molecule has 3 N–H and O–H groups in total. The number of aromatic nitrogens is 3. The summed E-state index contributed by atoms with van der Waals surface area (Å²) in [6.45, 7) is 3.17. The number of benzene rings is 2. The van der Waals surface area contributed by atoms with Crippen molar-refractivity contribution < 1.29 is 22.3 Å². The monoisotopic (exact) mass is 501 g/mol. The van der Waals surface area contributed by atoms with Gasteiger partial charge in [0.05, 0.1) is 24.2 Å². The molecule has 0 amide bonds. The zero-order valence-electron chi connectivity index (χ0n) is 19.9. The third kappa shape index (κ3) is 4.68. The summed E-state index contributed by atoms with van der Waals surface area (Å²) in [5.41, 5.74) is 5.40. The highest BCUT2D eigenvalue weighted by atomic mass is 19.4. The van der Waals surface area contributed by atoms with Crippen molar-refractivity contribution in [1.29, 1.82) is 0 Å². The van der Waals surface area contributed by atoms with Gasteiger partial charge in [0, 0.05) is 53.1 Å². The first kappa shape index (κ1) is 25.0. The van der Waals surface area contributed by atoms with Crippen LogP contribution in [0, 0.1) is 12.7 Å². The fourth-order valence-electron chi connectivity index (χ4n) is 4.00. The predicted octanol–water partition coefficient (Wildman–Crippen LogP) is 5.23. The number of ether oxygens (including phenoxy) is 1. The van der Waals surface area contributed by atoms with Gasteiger partial charge in [0.25, 0.3) is 0 Å². The van der Waals surface area contributed by atoms with Crippen LogP contribution in [0.5, 0.6) is 5.75 Å². The molecule has 2 aromatic carbocycles. The summed E-state index contributed by atoms with van der Waals surface area (Å²) < 4.78 is 61.8. The van der Waals surface area contributed by atoms with Crippen molar-refractivity contribution in [3.8, 4) is 16.9 Å². The topological polar surface area (TPSA) is 95.1 Å². The Bertz CT molecular complexity index is 1530. The van der Waals surface area contributed by atoms with Crippen molar-refractivity contribution in [2.45, 2.75) is 26.1 Å². The Hall–Kier alpha value is -4.15. The number of nitrogens with one attached hydrogen (secondary N) is 1. The molecule has 188 valence electrons. The van der Waals surface area contributed by atoms with Crippen LogP contribution >= 0.6 is 0 Å². The maximum absolute atomic E-state index is 14.9. The largest absolute Gasteiger partial charge is 0.496 e. The number of hydrogen-bond donors (Lipinski definition) is 2. The Morgan fingerprint density at radius 1 is 1.14 bits per heavy atom. The van der Waals surface area contributed by atoms with E-state index in [4.69, 9.17) is 10.5 Å². The van der Waals surface area contributed by atoms with Crippen LogP contribution < -0.4 is 21.3 Å². The van der Waals surface area contributed by atoms with Crippen LogP contribution in [-0.2, 0) is 13.2 Å². The fourth-order valence-corrected chi connectivity index (χ4v) is 4.00. The summed E-state index contributed by atoms with van der Waals surface area (Å²) in [6.07, 6.45) is -3.25. The Morgan fingerprint density at radius 3 is 2.50 bits per heavy atom. The molecular weight excluding hydrogens is 478 g/mol. The van der Waals surface area contributed by atoms with E-state index in [1.165, 1.54) is 24.7 Å². The maximum Gasteiger partial charge on any atom is 0.419 e. The second kappa shape index (κ2) is 9.14. The number of halogens is 4. The highest BCUT2D eigenvalue weighted by molar-refractivity contribution is 5.95. The predicted molar refractivity (Wildman–Crippen MR) is 129 cm³/mol. The number of rotatable bonds is 5. The number of nitrogen functional groups attached to an aromatic ring is 1. The zero-order chi connectivity index (χ0) is 26.4. The molecule has 0 aliphatic carbocycles. The molecule has 0 saturated carbocycles. The van der Waals surface area contributed by atoms with E-state index in [1.807, 2.05) is 0 Å². The summed E-state index contributed by atoms with van der Waals surface area (Å²) in [5, 5.41) is 3.54. The first-order valence-corrected chi connectivity index (χ1v) is 10.8. The van der Waals surface area contributed by atoms with Crippen molar-refractivity contribution in [3.63, 3.8) is 0 Å². The van der Waals surface area contributed by atoms with E-state index >= 15 is 0 Å². The molecular formula is C25H23F4N5O2. The number of nitrogens with zero attached hydrogens (tertiary/aromatic N) is 3. The van der Waals surface area contributed by atoms with Gasteiger partial charge >= 0.3 is 6.18 Å². The van der Waals surface area contributed by atoms with E-state index in [1.54, 1.807) is 38.4 Å². The molecule has 0 bridgehead atoms. The van der Waals surface area contributed by atoms with Gasteiger partial charge in [0.1, 0.15) is 23.2 Å². The number of hydrogen-bond acceptors (Lipinski definition) is 6. The summed E-state index contributed by atoms with van der Waals surface area (Å²) in [4.78, 5) is 20.7. The molecule has 0 unspecified atom stereocenters. The van der Waals surface area contributed by atoms with Gasteiger partial charge in [0.2, 0.25) is 5.56 Å². The van der Waals surface area contributed by atoms with Gasteiger partial charge in [-0.1, -0.05) is 0 Å². The van der Waals surface area contributed by atoms with E-state index in [-0.39, 0.29) is 22.6 Å². The molecule has 0 spiro atoms. The van der Waals surface area contributed by atoms with Gasteiger partial charge in [-0.3, -0.25) is 4.79 Å². The minimum absolute atomic E-state index is 0.184. The van der Waals surface area contributed by atoms with Crippen molar-refractivity contribution in [2.24, 2.45) is 7.05 Å². The summed E-state index contributed by atoms with van der Waals surface area (Å²) in [6, 6.07) is 7.33. The molecule has 0 fully saturated rings. The third-order valence-corrected chi connectivity index (χ3v) is 5.77. The fraction of sp³-hybridized carbons (Fsp3) is 0.240. The van der Waals surface area contributed by atoms with E-state index < -0.39 is 23.6 Å².